The lowest BCUT2D eigenvalue weighted by molar-refractivity contribution is -0.216. The molecule has 0 aliphatic heterocycles. The lowest BCUT2D eigenvalue weighted by Gasteiger charge is -2.18. The smallest absolute Gasteiger partial charge is 0.367 e. The van der Waals surface area contributed by atoms with E-state index in [-0.39, 0.29) is 5.56 Å². The van der Waals surface area contributed by atoms with Gasteiger partial charge in [-0.2, -0.15) is 13.2 Å². The van der Waals surface area contributed by atoms with Crippen LogP contribution in [0.15, 0.2) is 12.4 Å². The Morgan fingerprint density at radius 3 is 2.14 bits per heavy atom. The largest absolute Gasteiger partial charge is 0.418 e. The molecule has 1 heterocycles. The van der Waals surface area contributed by atoms with Crippen LogP contribution in [-0.2, 0) is 4.74 Å². The first-order valence-electron chi connectivity index (χ1n) is 3.83. The number of aryl methyl sites for hydroxylation is 1. The highest BCUT2D eigenvalue weighted by atomic mass is 19.4. The lowest BCUT2D eigenvalue weighted by atomic mass is 10.2. The van der Waals surface area contributed by atoms with Gasteiger partial charge in [0.25, 0.3) is 0 Å². The summed E-state index contributed by atoms with van der Waals surface area (Å²) in [7, 11) is 0.998. The van der Waals surface area contributed by atoms with Crippen molar-refractivity contribution in [3.63, 3.8) is 0 Å². The number of halogens is 3. The number of methoxy groups -OCH3 is 1. The average Bonchev–Trinajstić information content (AvgIpc) is 2.07. The molecule has 78 valence electrons. The standard InChI is InChI=1S/C8H9F3N2O/c1-5-12-3-6(4-13-5)7(14-2)8(9,10)11/h3-4,7H,1-2H3. The molecule has 0 bridgehead atoms. The third-order valence-electron chi connectivity index (χ3n) is 1.64. The minimum atomic E-state index is -4.44. The zero-order valence-electron chi connectivity index (χ0n) is 7.67. The molecule has 0 spiro atoms. The van der Waals surface area contributed by atoms with Crippen LogP contribution in [-0.4, -0.2) is 23.3 Å². The number of aromatic nitrogens is 2. The predicted octanol–water partition coefficient (Wildman–Crippen LogP) is 2.03. The monoisotopic (exact) mass is 206 g/mol. The van der Waals surface area contributed by atoms with Crippen LogP contribution in [0.3, 0.4) is 0 Å². The second-order valence-corrected chi connectivity index (χ2v) is 2.72. The summed E-state index contributed by atoms with van der Waals surface area (Å²) < 4.78 is 41.3. The summed E-state index contributed by atoms with van der Waals surface area (Å²) in [4.78, 5) is 7.34. The van der Waals surface area contributed by atoms with E-state index in [1.54, 1.807) is 6.92 Å². The van der Waals surface area contributed by atoms with Crippen molar-refractivity contribution in [1.82, 2.24) is 9.97 Å². The summed E-state index contributed by atoms with van der Waals surface area (Å²) >= 11 is 0. The number of ether oxygens (including phenoxy) is 1. The molecule has 6 heteroatoms. The number of hydrogen-bond acceptors (Lipinski definition) is 3. The maximum absolute atomic E-state index is 12.3. The van der Waals surface area contributed by atoms with Gasteiger partial charge in [0.15, 0.2) is 6.10 Å². The van der Waals surface area contributed by atoms with Crippen LogP contribution in [0, 0.1) is 6.92 Å². The van der Waals surface area contributed by atoms with Gasteiger partial charge in [-0.1, -0.05) is 0 Å². The van der Waals surface area contributed by atoms with E-state index in [1.807, 2.05) is 0 Å². The number of hydrogen-bond donors (Lipinski definition) is 0. The Morgan fingerprint density at radius 2 is 1.79 bits per heavy atom. The number of nitrogens with zero attached hydrogens (tertiary/aromatic N) is 2. The summed E-state index contributed by atoms with van der Waals surface area (Å²) in [5.41, 5.74) is -0.0920. The van der Waals surface area contributed by atoms with Gasteiger partial charge in [0.2, 0.25) is 0 Å². The summed E-state index contributed by atoms with van der Waals surface area (Å²) in [6, 6.07) is 0. The average molecular weight is 206 g/mol. The van der Waals surface area contributed by atoms with Crippen molar-refractivity contribution in [3.8, 4) is 0 Å². The summed E-state index contributed by atoms with van der Waals surface area (Å²) in [6.07, 6.45) is -4.16. The van der Waals surface area contributed by atoms with E-state index in [0.29, 0.717) is 5.82 Å². The van der Waals surface area contributed by atoms with Gasteiger partial charge in [-0.15, -0.1) is 0 Å². The molecule has 14 heavy (non-hydrogen) atoms. The van der Waals surface area contributed by atoms with Crippen LogP contribution in [0.1, 0.15) is 17.5 Å². The normalized spacial score (nSPS) is 14.1. The van der Waals surface area contributed by atoms with Gasteiger partial charge in [-0.3, -0.25) is 0 Å². The minimum absolute atomic E-state index is 0.0920. The third-order valence-corrected chi connectivity index (χ3v) is 1.64. The Bertz CT molecular complexity index is 296. The molecule has 3 nitrogen and oxygen atoms in total. The van der Waals surface area contributed by atoms with Gasteiger partial charge in [0.05, 0.1) is 0 Å². The second kappa shape index (κ2) is 3.91. The zero-order valence-corrected chi connectivity index (χ0v) is 7.67. The van der Waals surface area contributed by atoms with Gasteiger partial charge >= 0.3 is 6.18 Å². The minimum Gasteiger partial charge on any atom is -0.367 e. The van der Waals surface area contributed by atoms with E-state index >= 15 is 0 Å². The predicted molar refractivity (Wildman–Crippen MR) is 42.6 cm³/mol. The van der Waals surface area contributed by atoms with E-state index in [4.69, 9.17) is 0 Å². The Morgan fingerprint density at radius 1 is 1.29 bits per heavy atom. The van der Waals surface area contributed by atoms with Crippen LogP contribution >= 0.6 is 0 Å². The first kappa shape index (κ1) is 10.9. The van der Waals surface area contributed by atoms with Crippen molar-refractivity contribution in [2.24, 2.45) is 0 Å². The van der Waals surface area contributed by atoms with Gasteiger partial charge in [-0.25, -0.2) is 9.97 Å². The molecule has 1 unspecified atom stereocenters. The maximum atomic E-state index is 12.3. The fraction of sp³-hybridized carbons (Fsp3) is 0.500. The molecular formula is C8H9F3N2O. The van der Waals surface area contributed by atoms with Crippen molar-refractivity contribution in [2.75, 3.05) is 7.11 Å². The van der Waals surface area contributed by atoms with Crippen LogP contribution in [0.2, 0.25) is 0 Å². The number of rotatable bonds is 2. The Labute approximate surface area is 78.9 Å². The summed E-state index contributed by atoms with van der Waals surface area (Å²) in [6.45, 7) is 1.60. The molecule has 0 aliphatic rings. The molecule has 0 fully saturated rings. The molecule has 0 aliphatic carbocycles. The van der Waals surface area contributed by atoms with Crippen molar-refractivity contribution < 1.29 is 17.9 Å². The van der Waals surface area contributed by atoms with Crippen LogP contribution in [0.25, 0.3) is 0 Å². The van der Waals surface area contributed by atoms with Crippen LogP contribution in [0.4, 0.5) is 13.2 Å². The van der Waals surface area contributed by atoms with E-state index in [9.17, 15) is 13.2 Å². The molecule has 0 aromatic carbocycles. The number of alkyl halides is 3. The third kappa shape index (κ3) is 2.41. The van der Waals surface area contributed by atoms with Crippen molar-refractivity contribution >= 4 is 0 Å². The first-order chi connectivity index (χ1) is 6.45. The van der Waals surface area contributed by atoms with Crippen LogP contribution < -0.4 is 0 Å². The van der Waals surface area contributed by atoms with Crippen LogP contribution in [0.5, 0.6) is 0 Å². The first-order valence-corrected chi connectivity index (χ1v) is 3.83. The molecule has 1 atom stereocenters. The van der Waals surface area contributed by atoms with Crippen molar-refractivity contribution in [1.29, 1.82) is 0 Å². The summed E-state index contributed by atoms with van der Waals surface area (Å²) in [5, 5.41) is 0. The molecule has 0 radical (unpaired) electrons. The van der Waals surface area contributed by atoms with Gasteiger partial charge in [0.1, 0.15) is 5.82 Å². The fourth-order valence-electron chi connectivity index (χ4n) is 0.997. The molecule has 1 rings (SSSR count). The molecule has 0 amide bonds. The maximum Gasteiger partial charge on any atom is 0.418 e. The lowest BCUT2D eigenvalue weighted by Crippen LogP contribution is -2.22. The highest BCUT2D eigenvalue weighted by molar-refractivity contribution is 5.10. The highest BCUT2D eigenvalue weighted by Gasteiger charge is 2.41. The van der Waals surface area contributed by atoms with Gasteiger partial charge in [0, 0.05) is 25.1 Å². The summed E-state index contributed by atoms with van der Waals surface area (Å²) in [5.74, 6) is 0.422. The molecule has 1 aromatic rings. The Kier molecular flexibility index (Phi) is 3.05. The highest BCUT2D eigenvalue weighted by Crippen LogP contribution is 2.34. The molecular weight excluding hydrogens is 197 g/mol. The van der Waals surface area contributed by atoms with Gasteiger partial charge < -0.3 is 4.74 Å². The Balaban J connectivity index is 2.96. The molecule has 0 N–H and O–H groups in total. The van der Waals surface area contributed by atoms with E-state index in [1.165, 1.54) is 0 Å². The second-order valence-electron chi connectivity index (χ2n) is 2.72. The molecule has 0 saturated heterocycles. The van der Waals surface area contributed by atoms with E-state index in [0.717, 1.165) is 19.5 Å². The fourth-order valence-corrected chi connectivity index (χ4v) is 0.997. The SMILES string of the molecule is COC(c1cnc(C)nc1)C(F)(F)F. The molecule has 1 aromatic heterocycles. The quantitative estimate of drug-likeness (QED) is 0.742. The van der Waals surface area contributed by atoms with E-state index < -0.39 is 12.3 Å². The Hall–Kier alpha value is -1.17. The van der Waals surface area contributed by atoms with E-state index in [2.05, 4.69) is 14.7 Å². The van der Waals surface area contributed by atoms with Gasteiger partial charge in [-0.05, 0) is 6.92 Å². The zero-order chi connectivity index (χ0) is 10.8. The van der Waals surface area contributed by atoms with Crippen molar-refractivity contribution in [2.45, 2.75) is 19.2 Å². The molecule has 0 saturated carbocycles. The van der Waals surface area contributed by atoms with Crippen molar-refractivity contribution in [3.05, 3.63) is 23.8 Å². The topological polar surface area (TPSA) is 35.0 Å².